The third-order valence-corrected chi connectivity index (χ3v) is 7.84. The summed E-state index contributed by atoms with van der Waals surface area (Å²) in [5.74, 6) is -1.32. The Morgan fingerprint density at radius 2 is 0.925 bits per heavy atom. The summed E-state index contributed by atoms with van der Waals surface area (Å²) in [7, 11) is 1.42. The summed E-state index contributed by atoms with van der Waals surface area (Å²) in [6.07, 6.45) is 7.62. The third-order valence-electron chi connectivity index (χ3n) is 7.84. The minimum atomic E-state index is -0.705. The second-order valence-corrected chi connectivity index (χ2v) is 16.5. The van der Waals surface area contributed by atoms with E-state index in [4.69, 9.17) is 37.9 Å². The highest BCUT2D eigenvalue weighted by molar-refractivity contribution is 5.70. The van der Waals surface area contributed by atoms with Gasteiger partial charge in [-0.3, -0.25) is 19.2 Å². The molecular formula is C40H72O13. The van der Waals surface area contributed by atoms with Crippen LogP contribution in [0.15, 0.2) is 0 Å². The maximum atomic E-state index is 12.5. The third kappa shape index (κ3) is 26.2. The predicted molar refractivity (Wildman–Crippen MR) is 199 cm³/mol. The minimum absolute atomic E-state index is 0.0143. The number of carbonyl (C=O) groups excluding carboxylic acids is 4. The molecule has 13 nitrogen and oxygen atoms in total. The molecule has 1 fully saturated rings. The van der Waals surface area contributed by atoms with Crippen molar-refractivity contribution >= 4 is 23.9 Å². The fourth-order valence-corrected chi connectivity index (χ4v) is 5.56. The highest BCUT2D eigenvalue weighted by Gasteiger charge is 2.43. The summed E-state index contributed by atoms with van der Waals surface area (Å²) in [5, 5.41) is 0. The highest BCUT2D eigenvalue weighted by atomic mass is 16.6. The number of hydrogen-bond donors (Lipinski definition) is 0. The fraction of sp³-hybridized carbons (Fsp3) is 0.900. The monoisotopic (exact) mass is 760 g/mol. The Morgan fingerprint density at radius 1 is 0.509 bits per heavy atom. The number of ether oxygens (including phenoxy) is 9. The summed E-state index contributed by atoms with van der Waals surface area (Å²) in [6, 6.07) is 0. The van der Waals surface area contributed by atoms with Crippen LogP contribution in [0.25, 0.3) is 0 Å². The van der Waals surface area contributed by atoms with Crippen molar-refractivity contribution in [3.8, 4) is 0 Å². The van der Waals surface area contributed by atoms with E-state index in [1.165, 1.54) is 20.0 Å². The van der Waals surface area contributed by atoms with Crippen LogP contribution < -0.4 is 0 Å². The first-order valence-corrected chi connectivity index (χ1v) is 19.6. The van der Waals surface area contributed by atoms with Gasteiger partial charge in [0.2, 0.25) is 0 Å². The van der Waals surface area contributed by atoms with Gasteiger partial charge in [0.1, 0.15) is 41.2 Å². The van der Waals surface area contributed by atoms with Crippen molar-refractivity contribution in [2.45, 2.75) is 187 Å². The van der Waals surface area contributed by atoms with E-state index >= 15 is 0 Å². The molecular weight excluding hydrogens is 688 g/mol. The molecule has 310 valence electrons. The first kappa shape index (κ1) is 48.7. The molecule has 1 saturated heterocycles. The molecule has 1 aliphatic rings. The Kier molecular flexibility index (Phi) is 23.6. The molecule has 0 aromatic heterocycles. The summed E-state index contributed by atoms with van der Waals surface area (Å²) >= 11 is 0. The van der Waals surface area contributed by atoms with Crippen molar-refractivity contribution < 1.29 is 61.8 Å². The van der Waals surface area contributed by atoms with E-state index in [0.29, 0.717) is 13.0 Å². The lowest BCUT2D eigenvalue weighted by Crippen LogP contribution is -2.57. The summed E-state index contributed by atoms with van der Waals surface area (Å²) < 4.78 is 52.0. The Bertz CT molecular complexity index is 1040. The number of rotatable bonds is 26. The van der Waals surface area contributed by atoms with Crippen LogP contribution in [-0.4, -0.2) is 112 Å². The lowest BCUT2D eigenvalue weighted by Gasteiger charge is -2.42. The smallest absolute Gasteiger partial charge is 0.308 e. The van der Waals surface area contributed by atoms with E-state index in [9.17, 15) is 19.2 Å². The Balaban J connectivity index is 2.82. The number of carbonyl (C=O) groups is 4. The van der Waals surface area contributed by atoms with Gasteiger partial charge in [-0.05, 0) is 75.2 Å². The van der Waals surface area contributed by atoms with Gasteiger partial charge in [-0.2, -0.15) is 0 Å². The lowest BCUT2D eigenvalue weighted by atomic mass is 9.99. The molecule has 0 unspecified atom stereocenters. The van der Waals surface area contributed by atoms with Crippen molar-refractivity contribution in [2.75, 3.05) is 46.8 Å². The molecule has 1 heterocycles. The Labute approximate surface area is 319 Å². The van der Waals surface area contributed by atoms with Crippen molar-refractivity contribution in [2.24, 2.45) is 0 Å². The average Bonchev–Trinajstić information content (AvgIpc) is 3.02. The van der Waals surface area contributed by atoms with Crippen LogP contribution in [0.5, 0.6) is 0 Å². The largest absolute Gasteiger partial charge is 0.469 e. The second-order valence-electron chi connectivity index (χ2n) is 16.5. The molecule has 0 spiro atoms. The number of hydrogen-bond acceptors (Lipinski definition) is 13. The molecule has 0 N–H and O–H groups in total. The van der Waals surface area contributed by atoms with Crippen LogP contribution in [0.4, 0.5) is 0 Å². The van der Waals surface area contributed by atoms with Crippen molar-refractivity contribution in [3.63, 3.8) is 0 Å². The van der Waals surface area contributed by atoms with Gasteiger partial charge >= 0.3 is 23.9 Å². The zero-order chi connectivity index (χ0) is 39.9. The summed E-state index contributed by atoms with van der Waals surface area (Å²) in [5.41, 5.74) is -1.88. The molecule has 0 aliphatic carbocycles. The molecule has 0 aromatic rings. The van der Waals surface area contributed by atoms with Gasteiger partial charge < -0.3 is 42.6 Å². The summed E-state index contributed by atoms with van der Waals surface area (Å²) in [6.45, 7) is 17.3. The minimum Gasteiger partial charge on any atom is -0.469 e. The Morgan fingerprint density at radius 3 is 1.38 bits per heavy atom. The standard InChI is InChI=1S/C40H72O13/c1-38(2,3)51-33(42)21-25-47-31-29-50-30(28-46-24-19-17-15-13-11-12-14-16-18-20-32(41)45-10)36(48-26-22-34(43)52-39(4,5)6)37(31)49-27-23-35(44)53-40(7,8)9/h30-31,36-37H,11-29H2,1-10H3/t30-,31+,36-,37-/m1/s1. The van der Waals surface area contributed by atoms with E-state index in [0.717, 1.165) is 44.9 Å². The Hall–Kier alpha value is -2.32. The molecule has 0 saturated carbocycles. The predicted octanol–water partition coefficient (Wildman–Crippen LogP) is 6.83. The van der Waals surface area contributed by atoms with Crippen molar-refractivity contribution in [1.29, 1.82) is 0 Å². The molecule has 0 aromatic carbocycles. The number of esters is 4. The van der Waals surface area contributed by atoms with Crippen LogP contribution in [-0.2, 0) is 61.8 Å². The van der Waals surface area contributed by atoms with Gasteiger partial charge in [0, 0.05) is 13.0 Å². The van der Waals surface area contributed by atoms with E-state index in [1.807, 2.05) is 0 Å². The molecule has 0 bridgehead atoms. The van der Waals surface area contributed by atoms with E-state index in [1.54, 1.807) is 62.3 Å². The molecule has 53 heavy (non-hydrogen) atoms. The molecule has 1 aliphatic heterocycles. The van der Waals surface area contributed by atoms with Crippen LogP contribution in [0, 0.1) is 0 Å². The zero-order valence-electron chi connectivity index (χ0n) is 34.6. The molecule has 0 radical (unpaired) electrons. The number of methoxy groups -OCH3 is 1. The van der Waals surface area contributed by atoms with Gasteiger partial charge in [-0.1, -0.05) is 44.9 Å². The van der Waals surface area contributed by atoms with Crippen LogP contribution in [0.3, 0.4) is 0 Å². The molecule has 1 rings (SSSR count). The van der Waals surface area contributed by atoms with Gasteiger partial charge in [-0.25, -0.2) is 0 Å². The maximum Gasteiger partial charge on any atom is 0.308 e. The first-order valence-electron chi connectivity index (χ1n) is 19.6. The normalized spacial score (nSPS) is 19.4. The van der Waals surface area contributed by atoms with Gasteiger partial charge in [-0.15, -0.1) is 0 Å². The fourth-order valence-electron chi connectivity index (χ4n) is 5.56. The number of unbranched alkanes of at least 4 members (excludes halogenated alkanes) is 8. The molecule has 0 amide bonds. The van der Waals surface area contributed by atoms with Crippen LogP contribution >= 0.6 is 0 Å². The van der Waals surface area contributed by atoms with Crippen molar-refractivity contribution in [3.05, 3.63) is 0 Å². The average molecular weight is 761 g/mol. The van der Waals surface area contributed by atoms with Gasteiger partial charge in [0.05, 0.1) is 59.4 Å². The zero-order valence-corrected chi connectivity index (χ0v) is 34.6. The van der Waals surface area contributed by atoms with Crippen LogP contribution in [0.1, 0.15) is 146 Å². The molecule has 4 atom stereocenters. The summed E-state index contributed by atoms with van der Waals surface area (Å²) in [4.78, 5) is 48.6. The highest BCUT2D eigenvalue weighted by Crippen LogP contribution is 2.26. The maximum absolute atomic E-state index is 12.5. The van der Waals surface area contributed by atoms with Gasteiger partial charge in [0.15, 0.2) is 0 Å². The quantitative estimate of drug-likeness (QED) is 0.0515. The van der Waals surface area contributed by atoms with Crippen LogP contribution in [0.2, 0.25) is 0 Å². The SMILES string of the molecule is COC(=O)CCCCCCCCCCCOC[C@H]1OC[C@H](OCCC(=O)OC(C)(C)C)[C@@H](OCCC(=O)OC(C)(C)C)[C@@H]1OCCC(=O)OC(C)(C)C. The van der Waals surface area contributed by atoms with Gasteiger partial charge in [0.25, 0.3) is 0 Å². The first-order chi connectivity index (χ1) is 24.8. The molecule has 13 heteroatoms. The van der Waals surface area contributed by atoms with E-state index in [-0.39, 0.29) is 64.2 Å². The topological polar surface area (TPSA) is 151 Å². The lowest BCUT2D eigenvalue weighted by molar-refractivity contribution is -0.240. The van der Waals surface area contributed by atoms with E-state index < -0.39 is 53.2 Å². The van der Waals surface area contributed by atoms with Crippen molar-refractivity contribution in [1.82, 2.24) is 0 Å². The second kappa shape index (κ2) is 25.7. The van der Waals surface area contributed by atoms with E-state index in [2.05, 4.69) is 4.74 Å².